The molecule has 0 radical (unpaired) electrons. The Hall–Kier alpha value is -1.54. The lowest BCUT2D eigenvalue weighted by Gasteiger charge is -2.22. The molecule has 0 bridgehead atoms. The van der Waals surface area contributed by atoms with Crippen LogP contribution in [0, 0.1) is 23.7 Å². The first-order valence-corrected chi connectivity index (χ1v) is 5.21. The summed E-state index contributed by atoms with van der Waals surface area (Å²) in [5.74, 6) is 1.00. The molecule has 94 valence electrons. The van der Waals surface area contributed by atoms with Gasteiger partial charge in [0.1, 0.15) is 0 Å². The lowest BCUT2D eigenvalue weighted by Crippen LogP contribution is -2.39. The van der Waals surface area contributed by atoms with E-state index in [1.165, 1.54) is 21.3 Å². The zero-order chi connectivity index (χ0) is 13.1. The average molecular weight is 240 g/mol. The number of carbonyl (C=O) groups is 2. The molecule has 1 aliphatic rings. The fourth-order valence-electron chi connectivity index (χ4n) is 2.30. The van der Waals surface area contributed by atoms with Gasteiger partial charge >= 0.3 is 11.9 Å². The van der Waals surface area contributed by atoms with Crippen LogP contribution < -0.4 is 0 Å². The Morgan fingerprint density at radius 2 is 1.71 bits per heavy atom. The van der Waals surface area contributed by atoms with E-state index in [0.717, 1.165) is 0 Å². The van der Waals surface area contributed by atoms with Crippen LogP contribution in [-0.2, 0) is 23.8 Å². The van der Waals surface area contributed by atoms with Crippen molar-refractivity contribution in [1.29, 1.82) is 0 Å². The van der Waals surface area contributed by atoms with E-state index in [2.05, 4.69) is 15.4 Å². The Labute approximate surface area is 100 Å². The largest absolute Gasteiger partial charge is 0.468 e. The molecule has 2 atom stereocenters. The van der Waals surface area contributed by atoms with Crippen molar-refractivity contribution in [2.45, 2.75) is 18.9 Å². The first-order valence-electron chi connectivity index (χ1n) is 5.21. The molecule has 0 spiro atoms. The molecule has 5 nitrogen and oxygen atoms in total. The Morgan fingerprint density at radius 3 is 2.00 bits per heavy atom. The lowest BCUT2D eigenvalue weighted by molar-refractivity contribution is -0.169. The van der Waals surface area contributed by atoms with Gasteiger partial charge in [0.2, 0.25) is 0 Å². The van der Waals surface area contributed by atoms with Crippen LogP contribution in [0.5, 0.6) is 0 Å². The maximum absolute atomic E-state index is 11.8. The molecule has 0 aliphatic heterocycles. The number of rotatable bonds is 3. The van der Waals surface area contributed by atoms with Crippen LogP contribution >= 0.6 is 0 Å². The van der Waals surface area contributed by atoms with Crippen LogP contribution in [0.25, 0.3) is 0 Å². The molecule has 17 heavy (non-hydrogen) atoms. The van der Waals surface area contributed by atoms with Crippen LogP contribution in [0.2, 0.25) is 0 Å². The summed E-state index contributed by atoms with van der Waals surface area (Å²) >= 11 is 0. The van der Waals surface area contributed by atoms with E-state index in [1.807, 2.05) is 0 Å². The van der Waals surface area contributed by atoms with Gasteiger partial charge in [-0.05, 0) is 6.42 Å². The van der Waals surface area contributed by atoms with Crippen LogP contribution in [-0.4, -0.2) is 39.4 Å². The van der Waals surface area contributed by atoms with E-state index in [4.69, 9.17) is 11.2 Å². The first kappa shape index (κ1) is 13.5. The second-order valence-corrected chi connectivity index (χ2v) is 4.02. The van der Waals surface area contributed by atoms with Crippen LogP contribution in [0.3, 0.4) is 0 Å². The molecule has 0 amide bonds. The number of carbonyl (C=O) groups excluding carboxylic acids is 2. The van der Waals surface area contributed by atoms with Crippen molar-refractivity contribution in [2.24, 2.45) is 11.3 Å². The number of esters is 2. The Morgan fingerprint density at radius 1 is 1.18 bits per heavy atom. The Balaban J connectivity index is 3.08. The molecule has 1 aliphatic carbocycles. The summed E-state index contributed by atoms with van der Waals surface area (Å²) in [6, 6.07) is 0. The maximum Gasteiger partial charge on any atom is 0.323 e. The number of hydrogen-bond donors (Lipinski definition) is 0. The molecule has 1 fully saturated rings. The highest BCUT2D eigenvalue weighted by Crippen LogP contribution is 2.44. The van der Waals surface area contributed by atoms with Gasteiger partial charge in [-0.2, -0.15) is 0 Å². The molecule has 0 heterocycles. The lowest BCUT2D eigenvalue weighted by atomic mass is 9.85. The SMILES string of the molecule is C#C[C@@H]1CC(C(=O)OC)(C(=O)OC)C[C@H]1OC. The minimum Gasteiger partial charge on any atom is -0.468 e. The molecule has 0 aromatic rings. The van der Waals surface area contributed by atoms with Crippen molar-refractivity contribution in [3.8, 4) is 12.3 Å². The highest BCUT2D eigenvalue weighted by molar-refractivity contribution is 6.00. The zero-order valence-corrected chi connectivity index (χ0v) is 10.2. The summed E-state index contributed by atoms with van der Waals surface area (Å²) < 4.78 is 14.6. The predicted octanol–water partition coefficient (Wildman–Crippen LogP) is 0.377. The normalized spacial score (nSPS) is 26.0. The van der Waals surface area contributed by atoms with Crippen LogP contribution in [0.15, 0.2) is 0 Å². The third kappa shape index (κ3) is 2.13. The fraction of sp³-hybridized carbons (Fsp3) is 0.667. The molecule has 0 saturated heterocycles. The van der Waals surface area contributed by atoms with E-state index in [9.17, 15) is 9.59 Å². The summed E-state index contributed by atoms with van der Waals surface area (Å²) in [5, 5.41) is 0. The minimum atomic E-state index is -1.33. The van der Waals surface area contributed by atoms with Crippen molar-refractivity contribution >= 4 is 11.9 Å². The van der Waals surface area contributed by atoms with Gasteiger partial charge in [0, 0.05) is 19.4 Å². The topological polar surface area (TPSA) is 61.8 Å². The molecule has 1 saturated carbocycles. The highest BCUT2D eigenvalue weighted by atomic mass is 16.5. The second kappa shape index (κ2) is 5.19. The summed E-state index contributed by atoms with van der Waals surface area (Å²) in [6.45, 7) is 0. The third-order valence-electron chi connectivity index (χ3n) is 3.24. The van der Waals surface area contributed by atoms with Gasteiger partial charge in [-0.25, -0.2) is 0 Å². The number of hydrogen-bond acceptors (Lipinski definition) is 5. The van der Waals surface area contributed by atoms with Gasteiger partial charge in [0.25, 0.3) is 0 Å². The minimum absolute atomic E-state index is 0.192. The van der Waals surface area contributed by atoms with Crippen molar-refractivity contribution in [2.75, 3.05) is 21.3 Å². The van der Waals surface area contributed by atoms with Gasteiger partial charge in [-0.15, -0.1) is 12.3 Å². The van der Waals surface area contributed by atoms with Crippen molar-refractivity contribution < 1.29 is 23.8 Å². The molecule has 0 unspecified atom stereocenters. The van der Waals surface area contributed by atoms with E-state index in [0.29, 0.717) is 0 Å². The van der Waals surface area contributed by atoms with E-state index in [1.54, 1.807) is 0 Å². The predicted molar refractivity (Wildman–Crippen MR) is 58.8 cm³/mol. The molecular weight excluding hydrogens is 224 g/mol. The molecule has 0 N–H and O–H groups in total. The van der Waals surface area contributed by atoms with E-state index >= 15 is 0 Å². The fourth-order valence-corrected chi connectivity index (χ4v) is 2.30. The Kier molecular flexibility index (Phi) is 4.13. The third-order valence-corrected chi connectivity index (χ3v) is 3.24. The second-order valence-electron chi connectivity index (χ2n) is 4.02. The van der Waals surface area contributed by atoms with Gasteiger partial charge in [-0.1, -0.05) is 0 Å². The van der Waals surface area contributed by atoms with Crippen LogP contribution in [0.4, 0.5) is 0 Å². The van der Waals surface area contributed by atoms with Gasteiger partial charge in [0.15, 0.2) is 5.41 Å². The monoisotopic (exact) mass is 240 g/mol. The van der Waals surface area contributed by atoms with E-state index in [-0.39, 0.29) is 24.9 Å². The molecule has 0 aromatic carbocycles. The number of terminal acetylenes is 1. The van der Waals surface area contributed by atoms with Gasteiger partial charge in [-0.3, -0.25) is 9.59 Å². The molecule has 1 rings (SSSR count). The molecular formula is C12H16O5. The van der Waals surface area contributed by atoms with Gasteiger partial charge < -0.3 is 14.2 Å². The number of ether oxygens (including phenoxy) is 3. The summed E-state index contributed by atoms with van der Waals surface area (Å²) in [5.41, 5.74) is -1.33. The van der Waals surface area contributed by atoms with Crippen LogP contribution in [0.1, 0.15) is 12.8 Å². The quantitative estimate of drug-likeness (QED) is 0.405. The summed E-state index contributed by atoms with van der Waals surface area (Å²) in [7, 11) is 3.97. The summed E-state index contributed by atoms with van der Waals surface area (Å²) in [6.07, 6.45) is 5.42. The highest BCUT2D eigenvalue weighted by Gasteiger charge is 2.57. The zero-order valence-electron chi connectivity index (χ0n) is 10.2. The number of methoxy groups -OCH3 is 3. The standard InChI is InChI=1S/C12H16O5/c1-5-8-6-12(10(13)16-3,11(14)17-4)7-9(8)15-2/h1,8-9H,6-7H2,2-4H3/t8-,9-/m1/s1. The van der Waals surface area contributed by atoms with E-state index < -0.39 is 17.4 Å². The molecule has 0 aromatic heterocycles. The van der Waals surface area contributed by atoms with Crippen molar-refractivity contribution in [3.05, 3.63) is 0 Å². The maximum atomic E-state index is 11.8. The smallest absolute Gasteiger partial charge is 0.323 e. The summed E-state index contributed by atoms with van der Waals surface area (Å²) in [4.78, 5) is 23.6. The van der Waals surface area contributed by atoms with Crippen molar-refractivity contribution in [1.82, 2.24) is 0 Å². The molecule has 5 heteroatoms. The van der Waals surface area contributed by atoms with Gasteiger partial charge in [0.05, 0.1) is 20.3 Å². The Bertz CT molecular complexity index is 338. The van der Waals surface area contributed by atoms with Crippen molar-refractivity contribution in [3.63, 3.8) is 0 Å². The first-order chi connectivity index (χ1) is 8.05. The average Bonchev–Trinajstić information content (AvgIpc) is 2.76.